The van der Waals surface area contributed by atoms with E-state index in [1.54, 1.807) is 0 Å². The Morgan fingerprint density at radius 1 is 1.00 bits per heavy atom. The van der Waals surface area contributed by atoms with Gasteiger partial charge in [-0.25, -0.2) is 0 Å². The molecule has 1 amide bonds. The molecule has 1 heterocycles. The zero-order valence-electron chi connectivity index (χ0n) is 14.3. The lowest BCUT2D eigenvalue weighted by Crippen LogP contribution is -2.48. The normalized spacial score (nSPS) is 22.5. The highest BCUT2D eigenvalue weighted by atomic mass is 16.2. The maximum Gasteiger partial charge on any atom is 0.222 e. The molecule has 124 valence electrons. The second kappa shape index (κ2) is 11.1. The highest BCUT2D eigenvalue weighted by Crippen LogP contribution is 2.17. The van der Waals surface area contributed by atoms with Crippen LogP contribution < -0.4 is 5.73 Å². The first-order valence-corrected chi connectivity index (χ1v) is 9.16. The lowest BCUT2D eigenvalue weighted by atomic mass is 9.96. The molecule has 0 aromatic carbocycles. The monoisotopic (exact) mass is 296 g/mol. The van der Waals surface area contributed by atoms with Crippen LogP contribution in [0.5, 0.6) is 0 Å². The molecular weight excluding hydrogens is 260 g/mol. The summed E-state index contributed by atoms with van der Waals surface area (Å²) in [6.45, 7) is 6.12. The summed E-state index contributed by atoms with van der Waals surface area (Å²) in [5.74, 6) is 0.876. The molecule has 21 heavy (non-hydrogen) atoms. The van der Waals surface area contributed by atoms with Crippen LogP contribution in [0.4, 0.5) is 0 Å². The van der Waals surface area contributed by atoms with Crippen LogP contribution in [0.1, 0.15) is 84.5 Å². The predicted molar refractivity (Wildman–Crippen MR) is 90.2 cm³/mol. The third-order valence-corrected chi connectivity index (χ3v) is 4.54. The molecular formula is C18H36N2O. The molecule has 0 saturated carbocycles. The largest absolute Gasteiger partial charge is 0.341 e. The Bertz CT molecular complexity index is 270. The molecule has 1 saturated heterocycles. The maximum atomic E-state index is 12.2. The molecule has 1 rings (SSSR count). The lowest BCUT2D eigenvalue weighted by molar-refractivity contribution is -0.133. The minimum absolute atomic E-state index is 0.181. The van der Waals surface area contributed by atoms with Crippen LogP contribution in [0.25, 0.3) is 0 Å². The summed E-state index contributed by atoms with van der Waals surface area (Å²) in [7, 11) is 0. The third-order valence-electron chi connectivity index (χ3n) is 4.54. The number of carbonyl (C=O) groups is 1. The number of amides is 1. The predicted octanol–water partition coefficient (Wildman–Crippen LogP) is 4.10. The molecule has 0 aliphatic carbocycles. The third kappa shape index (κ3) is 8.45. The van der Waals surface area contributed by atoms with Gasteiger partial charge in [0.15, 0.2) is 0 Å². The van der Waals surface area contributed by atoms with Gasteiger partial charge in [-0.1, -0.05) is 65.2 Å². The van der Waals surface area contributed by atoms with Crippen molar-refractivity contribution in [3.05, 3.63) is 0 Å². The Morgan fingerprint density at radius 3 is 2.14 bits per heavy atom. The molecule has 1 aliphatic rings. The van der Waals surface area contributed by atoms with Gasteiger partial charge in [-0.2, -0.15) is 0 Å². The molecule has 3 nitrogen and oxygen atoms in total. The second-order valence-electron chi connectivity index (χ2n) is 6.98. The molecule has 2 unspecified atom stereocenters. The van der Waals surface area contributed by atoms with Crippen molar-refractivity contribution in [3.8, 4) is 0 Å². The number of nitrogens with two attached hydrogens (primary N) is 1. The van der Waals surface area contributed by atoms with Gasteiger partial charge < -0.3 is 10.6 Å². The Morgan fingerprint density at radius 2 is 1.57 bits per heavy atom. The van der Waals surface area contributed by atoms with E-state index in [2.05, 4.69) is 13.8 Å². The minimum atomic E-state index is 0.181. The van der Waals surface area contributed by atoms with Crippen LogP contribution in [0.3, 0.4) is 0 Å². The van der Waals surface area contributed by atoms with Crippen molar-refractivity contribution in [3.63, 3.8) is 0 Å². The van der Waals surface area contributed by atoms with Gasteiger partial charge in [-0.15, -0.1) is 0 Å². The smallest absolute Gasteiger partial charge is 0.222 e. The van der Waals surface area contributed by atoms with E-state index >= 15 is 0 Å². The van der Waals surface area contributed by atoms with E-state index < -0.39 is 0 Å². The first-order valence-electron chi connectivity index (χ1n) is 9.16. The van der Waals surface area contributed by atoms with Crippen molar-refractivity contribution in [2.75, 3.05) is 13.1 Å². The van der Waals surface area contributed by atoms with Crippen LogP contribution >= 0.6 is 0 Å². The van der Waals surface area contributed by atoms with Gasteiger partial charge in [0.05, 0.1) is 0 Å². The zero-order chi connectivity index (χ0) is 15.5. The first-order chi connectivity index (χ1) is 10.1. The Balaban J connectivity index is 1.98. The van der Waals surface area contributed by atoms with E-state index in [-0.39, 0.29) is 6.04 Å². The minimum Gasteiger partial charge on any atom is -0.341 e. The Kier molecular flexibility index (Phi) is 9.73. The molecule has 1 fully saturated rings. The molecule has 0 radical (unpaired) electrons. The summed E-state index contributed by atoms with van der Waals surface area (Å²) in [6, 6.07) is 0.181. The van der Waals surface area contributed by atoms with E-state index in [4.69, 9.17) is 5.73 Å². The molecule has 0 aromatic rings. The maximum absolute atomic E-state index is 12.2. The van der Waals surface area contributed by atoms with Crippen LogP contribution in [-0.2, 0) is 4.79 Å². The topological polar surface area (TPSA) is 46.3 Å². The van der Waals surface area contributed by atoms with Gasteiger partial charge >= 0.3 is 0 Å². The molecule has 0 aromatic heterocycles. The number of hydrogen-bond acceptors (Lipinski definition) is 2. The molecule has 1 aliphatic heterocycles. The fourth-order valence-corrected chi connectivity index (χ4v) is 3.35. The second-order valence-corrected chi connectivity index (χ2v) is 6.98. The Labute approximate surface area is 131 Å². The van der Waals surface area contributed by atoms with Crippen molar-refractivity contribution >= 4 is 5.91 Å². The van der Waals surface area contributed by atoms with Gasteiger partial charge in [0.2, 0.25) is 5.91 Å². The lowest BCUT2D eigenvalue weighted by Gasteiger charge is -2.34. The summed E-state index contributed by atoms with van der Waals surface area (Å²) in [4.78, 5) is 14.2. The number of carbonyl (C=O) groups excluding carboxylic acids is 1. The average molecular weight is 296 g/mol. The van der Waals surface area contributed by atoms with E-state index in [1.165, 1.54) is 51.4 Å². The van der Waals surface area contributed by atoms with Gasteiger partial charge in [-0.3, -0.25) is 4.79 Å². The van der Waals surface area contributed by atoms with Gasteiger partial charge in [-0.05, 0) is 18.8 Å². The molecule has 0 spiro atoms. The van der Waals surface area contributed by atoms with Crippen molar-refractivity contribution in [2.45, 2.75) is 90.5 Å². The van der Waals surface area contributed by atoms with E-state index in [1.807, 2.05) is 4.90 Å². The van der Waals surface area contributed by atoms with Crippen molar-refractivity contribution in [2.24, 2.45) is 11.7 Å². The highest BCUT2D eigenvalue weighted by Gasteiger charge is 2.24. The number of hydrogen-bond donors (Lipinski definition) is 1. The molecule has 3 heteroatoms. The van der Waals surface area contributed by atoms with Gasteiger partial charge in [0.1, 0.15) is 0 Å². The standard InChI is InChI=1S/C18H36N2O/c1-3-4-5-6-7-8-9-10-11-12-18(21)20-14-16(2)13-17(19)15-20/h16-17H,3-15,19H2,1-2H3. The molecule has 2 atom stereocenters. The fraction of sp³-hybridized carbons (Fsp3) is 0.944. The molecule has 2 N–H and O–H groups in total. The van der Waals surface area contributed by atoms with Crippen molar-refractivity contribution in [1.29, 1.82) is 0 Å². The van der Waals surface area contributed by atoms with E-state index in [0.29, 0.717) is 11.8 Å². The quantitative estimate of drug-likeness (QED) is 0.617. The SMILES string of the molecule is CCCCCCCCCCCC(=O)N1CC(C)CC(N)C1. The van der Waals surface area contributed by atoms with Crippen molar-refractivity contribution < 1.29 is 4.79 Å². The average Bonchev–Trinajstić information content (AvgIpc) is 2.44. The van der Waals surface area contributed by atoms with Crippen molar-refractivity contribution in [1.82, 2.24) is 4.90 Å². The van der Waals surface area contributed by atoms with Crippen LogP contribution in [-0.4, -0.2) is 29.9 Å². The van der Waals surface area contributed by atoms with Crippen LogP contribution in [0, 0.1) is 5.92 Å². The van der Waals surface area contributed by atoms with Crippen LogP contribution in [0.15, 0.2) is 0 Å². The Hall–Kier alpha value is -0.570. The van der Waals surface area contributed by atoms with E-state index in [0.717, 1.165) is 32.4 Å². The number of rotatable bonds is 10. The summed E-state index contributed by atoms with van der Waals surface area (Å²) in [5, 5.41) is 0. The highest BCUT2D eigenvalue weighted by molar-refractivity contribution is 5.76. The summed E-state index contributed by atoms with van der Waals surface area (Å²) in [6.07, 6.45) is 13.5. The zero-order valence-corrected chi connectivity index (χ0v) is 14.3. The van der Waals surface area contributed by atoms with Crippen LogP contribution in [0.2, 0.25) is 0 Å². The summed E-state index contributed by atoms with van der Waals surface area (Å²) >= 11 is 0. The fourth-order valence-electron chi connectivity index (χ4n) is 3.35. The van der Waals surface area contributed by atoms with Gasteiger partial charge in [0, 0.05) is 25.6 Å². The first kappa shape index (κ1) is 18.5. The summed E-state index contributed by atoms with van der Waals surface area (Å²) < 4.78 is 0. The van der Waals surface area contributed by atoms with E-state index in [9.17, 15) is 4.79 Å². The summed E-state index contributed by atoms with van der Waals surface area (Å²) in [5.41, 5.74) is 6.00. The van der Waals surface area contributed by atoms with Gasteiger partial charge in [0.25, 0.3) is 0 Å². The number of nitrogens with zero attached hydrogens (tertiary/aromatic N) is 1. The number of unbranched alkanes of at least 4 members (excludes halogenated alkanes) is 8. The number of likely N-dealkylation sites (tertiary alicyclic amines) is 1. The molecule has 0 bridgehead atoms. The number of piperidine rings is 1.